The number of thioether (sulfide) groups is 1. The van der Waals surface area contributed by atoms with Gasteiger partial charge >= 0.3 is 0 Å². The Morgan fingerprint density at radius 1 is 1.02 bits per heavy atom. The van der Waals surface area contributed by atoms with Crippen LogP contribution in [0.5, 0.6) is 0 Å². The van der Waals surface area contributed by atoms with Crippen molar-refractivity contribution in [2.24, 2.45) is 0 Å². The van der Waals surface area contributed by atoms with Gasteiger partial charge in [0.2, 0.25) is 11.8 Å². The lowest BCUT2D eigenvalue weighted by Gasteiger charge is -2.35. The number of nitrogens with one attached hydrogen (secondary N) is 3. The minimum Gasteiger partial charge on any atom is -0.354 e. The Hall–Kier alpha value is -4.57. The molecule has 3 N–H and O–H groups in total. The molecule has 13 nitrogen and oxygen atoms in total. The summed E-state index contributed by atoms with van der Waals surface area (Å²) in [6.45, 7) is 8.93. The molecule has 3 aliphatic heterocycles. The molecule has 16 heteroatoms. The molecule has 0 radical (unpaired) electrons. The third kappa shape index (κ3) is 9.29. The summed E-state index contributed by atoms with van der Waals surface area (Å²) in [6.07, 6.45) is 6.71. The molecule has 2 aromatic heterocycles. The molecule has 4 aromatic rings. The lowest BCUT2D eigenvalue weighted by atomic mass is 10.0. The number of aryl methyl sites for hydroxylation is 2. The number of nitrogens with zero attached hydrogens (tertiary/aromatic N) is 6. The second-order valence-electron chi connectivity index (χ2n) is 14.0. The van der Waals surface area contributed by atoms with Gasteiger partial charge in [0.05, 0.1) is 16.9 Å². The predicted octanol–water partition coefficient (Wildman–Crippen LogP) is 6.43. The SMILES string of the molecule is Cc1nc(Nc2ncc(C(=O)Nc3c(C)cccc3Cl)s2)cc(N2CCN(CCCCCCSc3cccc4c3CN(C3CCC(=O)NC3=O)C4=O)CC2)n1. The number of piperazine rings is 1. The molecule has 5 heterocycles. The maximum atomic E-state index is 13.1. The van der Waals surface area contributed by atoms with Crippen molar-refractivity contribution in [1.82, 2.24) is 30.1 Å². The Kier molecular flexibility index (Phi) is 12.3. The summed E-state index contributed by atoms with van der Waals surface area (Å²) in [5.74, 6) is 2.07. The molecule has 0 saturated carbocycles. The minimum atomic E-state index is -0.594. The molecule has 2 aromatic carbocycles. The van der Waals surface area contributed by atoms with Crippen LogP contribution in [-0.2, 0) is 16.1 Å². The first-order valence-corrected chi connectivity index (χ1v) is 20.8. The van der Waals surface area contributed by atoms with Crippen molar-refractivity contribution in [3.8, 4) is 0 Å². The zero-order valence-electron chi connectivity index (χ0n) is 30.9. The van der Waals surface area contributed by atoms with Gasteiger partial charge in [-0.05, 0) is 74.7 Å². The van der Waals surface area contributed by atoms with Crippen LogP contribution >= 0.6 is 34.7 Å². The zero-order chi connectivity index (χ0) is 38.5. The van der Waals surface area contributed by atoms with Gasteiger partial charge in [0.25, 0.3) is 11.8 Å². The molecular formula is C39H44ClN9O4S2. The number of anilines is 4. The van der Waals surface area contributed by atoms with Crippen LogP contribution in [-0.4, -0.2) is 92.9 Å². The smallest absolute Gasteiger partial charge is 0.267 e. The van der Waals surface area contributed by atoms with Crippen molar-refractivity contribution in [2.45, 2.75) is 69.9 Å². The first-order chi connectivity index (χ1) is 26.6. The molecule has 7 rings (SSSR count). The van der Waals surface area contributed by atoms with Crippen LogP contribution in [0.3, 0.4) is 0 Å². The Balaban J connectivity index is 0.813. The highest BCUT2D eigenvalue weighted by Crippen LogP contribution is 2.35. The number of rotatable bonds is 14. The van der Waals surface area contributed by atoms with Crippen LogP contribution in [0.25, 0.3) is 0 Å². The van der Waals surface area contributed by atoms with Gasteiger partial charge in [-0.3, -0.25) is 29.4 Å². The van der Waals surface area contributed by atoms with Gasteiger partial charge in [0.1, 0.15) is 28.4 Å². The van der Waals surface area contributed by atoms with E-state index >= 15 is 0 Å². The largest absolute Gasteiger partial charge is 0.354 e. The van der Waals surface area contributed by atoms with E-state index in [2.05, 4.69) is 41.8 Å². The number of benzene rings is 2. The fourth-order valence-corrected chi connectivity index (χ4v) is 9.24. The van der Waals surface area contributed by atoms with Crippen molar-refractivity contribution in [3.05, 3.63) is 81.1 Å². The van der Waals surface area contributed by atoms with E-state index in [0.29, 0.717) is 50.9 Å². The van der Waals surface area contributed by atoms with Crippen LogP contribution in [0.2, 0.25) is 5.02 Å². The number of hydrogen-bond acceptors (Lipinski definition) is 12. The van der Waals surface area contributed by atoms with E-state index in [1.54, 1.807) is 28.9 Å². The number of amides is 4. The third-order valence-electron chi connectivity index (χ3n) is 10.1. The molecular weight excluding hydrogens is 758 g/mol. The number of para-hydroxylation sites is 1. The minimum absolute atomic E-state index is 0.128. The molecule has 55 heavy (non-hydrogen) atoms. The maximum absolute atomic E-state index is 13.1. The third-order valence-corrected chi connectivity index (χ3v) is 12.5. The second kappa shape index (κ2) is 17.5. The van der Waals surface area contributed by atoms with E-state index < -0.39 is 6.04 Å². The number of hydrogen-bond donors (Lipinski definition) is 3. The quantitative estimate of drug-likeness (QED) is 0.0735. The highest BCUT2D eigenvalue weighted by atomic mass is 35.5. The molecule has 0 spiro atoms. The van der Waals surface area contributed by atoms with E-state index in [9.17, 15) is 19.2 Å². The predicted molar refractivity (Wildman–Crippen MR) is 217 cm³/mol. The van der Waals surface area contributed by atoms with E-state index in [-0.39, 0.29) is 30.0 Å². The molecule has 1 unspecified atom stereocenters. The fourth-order valence-electron chi connectivity index (χ4n) is 7.16. The summed E-state index contributed by atoms with van der Waals surface area (Å²) < 4.78 is 0. The number of imide groups is 1. The van der Waals surface area contributed by atoms with Gasteiger partial charge in [-0.15, -0.1) is 11.8 Å². The lowest BCUT2D eigenvalue weighted by Crippen LogP contribution is -2.52. The van der Waals surface area contributed by atoms with E-state index in [1.165, 1.54) is 11.3 Å². The van der Waals surface area contributed by atoms with Crippen LogP contribution in [0.15, 0.2) is 53.6 Å². The van der Waals surface area contributed by atoms with Gasteiger partial charge in [-0.2, -0.15) is 0 Å². The standard InChI is InChI=1S/C39H44ClN9O4S2/c1-24-9-7-11-28(40)35(24)46-37(52)31-22-41-39(55-31)44-32-21-33(43-25(2)42-32)48-18-16-47(17-19-48)15-5-3-4-6-20-54-30-12-8-10-26-27(30)23-49(38(26)53)29-13-14-34(50)45-36(29)51/h7-12,21-22,29H,3-6,13-20,23H2,1-2H3,(H,46,52)(H,45,50,51)(H,41,42,43,44). The molecule has 4 amide bonds. The lowest BCUT2D eigenvalue weighted by molar-refractivity contribution is -0.136. The zero-order valence-corrected chi connectivity index (χ0v) is 33.3. The van der Waals surface area contributed by atoms with Crippen molar-refractivity contribution in [3.63, 3.8) is 0 Å². The monoisotopic (exact) mass is 801 g/mol. The highest BCUT2D eigenvalue weighted by Gasteiger charge is 2.39. The van der Waals surface area contributed by atoms with Gasteiger partial charge in [-0.1, -0.05) is 54.0 Å². The Morgan fingerprint density at radius 2 is 1.82 bits per heavy atom. The summed E-state index contributed by atoms with van der Waals surface area (Å²) in [6, 6.07) is 12.6. The summed E-state index contributed by atoms with van der Waals surface area (Å²) >= 11 is 9.32. The summed E-state index contributed by atoms with van der Waals surface area (Å²) in [7, 11) is 0. The van der Waals surface area contributed by atoms with Crippen molar-refractivity contribution >= 4 is 80.8 Å². The molecule has 1 atom stereocenters. The van der Waals surface area contributed by atoms with E-state index in [4.69, 9.17) is 16.6 Å². The Morgan fingerprint density at radius 3 is 2.62 bits per heavy atom. The van der Waals surface area contributed by atoms with Crippen LogP contribution in [0, 0.1) is 13.8 Å². The number of halogens is 1. The molecule has 288 valence electrons. The van der Waals surface area contributed by atoms with Gasteiger partial charge in [0, 0.05) is 55.7 Å². The van der Waals surface area contributed by atoms with Gasteiger partial charge in [0.15, 0.2) is 5.13 Å². The maximum Gasteiger partial charge on any atom is 0.267 e. The van der Waals surface area contributed by atoms with Crippen molar-refractivity contribution in [2.75, 3.05) is 54.0 Å². The number of thiazole rings is 1. The number of fused-ring (bicyclic) bond motifs is 1. The molecule has 0 aliphatic carbocycles. The van der Waals surface area contributed by atoms with Crippen molar-refractivity contribution < 1.29 is 19.2 Å². The van der Waals surface area contributed by atoms with E-state index in [1.807, 2.05) is 44.2 Å². The Bertz CT molecular complexity index is 2070. The number of carbonyl (C=O) groups excluding carboxylic acids is 4. The number of aromatic nitrogens is 3. The topological polar surface area (TPSA) is 153 Å². The summed E-state index contributed by atoms with van der Waals surface area (Å²) in [5.41, 5.74) is 3.13. The molecule has 0 bridgehead atoms. The summed E-state index contributed by atoms with van der Waals surface area (Å²) in [5, 5.41) is 9.57. The van der Waals surface area contributed by atoms with E-state index in [0.717, 1.165) is 86.0 Å². The first-order valence-electron chi connectivity index (χ1n) is 18.6. The number of unbranched alkanes of at least 4 members (excludes halogenated alkanes) is 3. The van der Waals surface area contributed by atoms with Crippen LogP contribution in [0.1, 0.15) is 75.5 Å². The number of piperidine rings is 1. The van der Waals surface area contributed by atoms with Gasteiger partial charge in [-0.25, -0.2) is 15.0 Å². The van der Waals surface area contributed by atoms with Crippen LogP contribution in [0.4, 0.5) is 22.5 Å². The van der Waals surface area contributed by atoms with Crippen molar-refractivity contribution in [1.29, 1.82) is 0 Å². The summed E-state index contributed by atoms with van der Waals surface area (Å²) in [4.78, 5) is 71.7. The fraction of sp³-hybridized carbons (Fsp3) is 0.410. The Labute approximate surface area is 333 Å². The molecule has 2 fully saturated rings. The average Bonchev–Trinajstić information content (AvgIpc) is 3.77. The molecule has 3 aliphatic rings. The average molecular weight is 802 g/mol. The highest BCUT2D eigenvalue weighted by molar-refractivity contribution is 7.99. The first kappa shape index (κ1) is 38.7. The second-order valence-corrected chi connectivity index (χ2v) is 16.5. The van der Waals surface area contributed by atoms with Gasteiger partial charge < -0.3 is 20.4 Å². The number of carbonyl (C=O) groups is 4. The van der Waals surface area contributed by atoms with Crippen LogP contribution < -0.4 is 20.9 Å². The molecule has 2 saturated heterocycles. The normalized spacial score (nSPS) is 17.4.